The average molecular weight is 207 g/mol. The van der Waals surface area contributed by atoms with Crippen molar-refractivity contribution < 1.29 is 4.84 Å². The van der Waals surface area contributed by atoms with Crippen LogP contribution >= 0.6 is 0 Å². The fourth-order valence-corrected chi connectivity index (χ4v) is 1.58. The number of benzene rings is 1. The third kappa shape index (κ3) is 3.33. The second-order valence-electron chi connectivity index (χ2n) is 4.92. The smallest absolute Gasteiger partial charge is 0.109 e. The van der Waals surface area contributed by atoms with Gasteiger partial charge in [0, 0.05) is 0 Å². The van der Waals surface area contributed by atoms with Crippen molar-refractivity contribution in [1.82, 2.24) is 0 Å². The Morgan fingerprint density at radius 2 is 1.73 bits per heavy atom. The molecule has 0 saturated heterocycles. The number of hydrogen-bond acceptors (Lipinski definition) is 2. The van der Waals surface area contributed by atoms with Crippen LogP contribution in [0.3, 0.4) is 0 Å². The Kier molecular flexibility index (Phi) is 3.89. The Balaban J connectivity index is 2.81. The van der Waals surface area contributed by atoms with E-state index in [-0.39, 0.29) is 0 Å². The highest BCUT2D eigenvalue weighted by Gasteiger charge is 2.19. The Labute approximate surface area is 92.4 Å². The molecule has 0 spiro atoms. The molecule has 0 aromatic heterocycles. The van der Waals surface area contributed by atoms with E-state index in [1.54, 1.807) is 0 Å². The van der Waals surface area contributed by atoms with Crippen molar-refractivity contribution in [3.05, 3.63) is 35.4 Å². The second kappa shape index (κ2) is 4.77. The Morgan fingerprint density at radius 3 is 2.13 bits per heavy atom. The van der Waals surface area contributed by atoms with E-state index in [4.69, 9.17) is 10.7 Å². The first-order valence-electron chi connectivity index (χ1n) is 5.43. The molecule has 0 saturated carbocycles. The molecule has 0 aliphatic heterocycles. The van der Waals surface area contributed by atoms with Crippen molar-refractivity contribution in [2.24, 2.45) is 11.8 Å². The zero-order valence-electron chi connectivity index (χ0n) is 10.1. The molecule has 1 aromatic rings. The molecule has 0 aliphatic rings. The Morgan fingerprint density at radius 1 is 1.20 bits per heavy atom. The van der Waals surface area contributed by atoms with Gasteiger partial charge in [0.1, 0.15) is 5.60 Å². The van der Waals surface area contributed by atoms with Crippen molar-refractivity contribution in [1.29, 1.82) is 0 Å². The molecule has 2 nitrogen and oxygen atoms in total. The van der Waals surface area contributed by atoms with Gasteiger partial charge >= 0.3 is 0 Å². The maximum Gasteiger partial charge on any atom is 0.109 e. The van der Waals surface area contributed by atoms with Crippen LogP contribution in [0, 0.1) is 5.92 Å². The van der Waals surface area contributed by atoms with E-state index >= 15 is 0 Å². The molecule has 0 amide bonds. The number of hydrogen-bond donors (Lipinski definition) is 1. The molecule has 0 radical (unpaired) electrons. The van der Waals surface area contributed by atoms with Gasteiger partial charge in [-0.25, -0.2) is 5.90 Å². The number of nitrogens with two attached hydrogens (primary N) is 1. The minimum atomic E-state index is -0.406. The Hall–Kier alpha value is -0.860. The van der Waals surface area contributed by atoms with Crippen molar-refractivity contribution in [2.45, 2.75) is 39.7 Å². The lowest BCUT2D eigenvalue weighted by atomic mass is 9.95. The summed E-state index contributed by atoms with van der Waals surface area (Å²) in [4.78, 5) is 4.94. The fraction of sp³-hybridized carbons (Fsp3) is 0.538. The molecule has 0 unspecified atom stereocenters. The lowest BCUT2D eigenvalue weighted by molar-refractivity contribution is -0.0236. The zero-order chi connectivity index (χ0) is 11.5. The van der Waals surface area contributed by atoms with E-state index in [9.17, 15) is 0 Å². The summed E-state index contributed by atoms with van der Waals surface area (Å²) in [5.41, 5.74) is 2.06. The minimum Gasteiger partial charge on any atom is -0.294 e. The third-order valence-electron chi connectivity index (χ3n) is 2.59. The molecule has 0 atom stereocenters. The fourth-order valence-electron chi connectivity index (χ4n) is 1.58. The van der Waals surface area contributed by atoms with Crippen LogP contribution < -0.4 is 5.90 Å². The summed E-state index contributed by atoms with van der Waals surface area (Å²) in [7, 11) is 0. The van der Waals surface area contributed by atoms with Crippen LogP contribution in [0.2, 0.25) is 0 Å². The van der Waals surface area contributed by atoms with Gasteiger partial charge in [-0.1, -0.05) is 38.1 Å². The lowest BCUT2D eigenvalue weighted by Crippen LogP contribution is -2.25. The third-order valence-corrected chi connectivity index (χ3v) is 2.59. The highest BCUT2D eigenvalue weighted by Crippen LogP contribution is 2.23. The summed E-state index contributed by atoms with van der Waals surface area (Å²) in [6.45, 7) is 8.37. The molecule has 84 valence electrons. The van der Waals surface area contributed by atoms with Gasteiger partial charge in [-0.3, -0.25) is 4.84 Å². The van der Waals surface area contributed by atoms with E-state index in [1.807, 2.05) is 13.8 Å². The van der Waals surface area contributed by atoms with Gasteiger partial charge in [0.25, 0.3) is 0 Å². The minimum absolute atomic E-state index is 0.406. The van der Waals surface area contributed by atoms with Crippen LogP contribution in [0.25, 0.3) is 0 Å². The average Bonchev–Trinajstić information content (AvgIpc) is 2.18. The summed E-state index contributed by atoms with van der Waals surface area (Å²) >= 11 is 0. The van der Waals surface area contributed by atoms with Crippen molar-refractivity contribution in [3.63, 3.8) is 0 Å². The molecule has 0 heterocycles. The first-order chi connectivity index (χ1) is 6.95. The first-order valence-corrected chi connectivity index (χ1v) is 5.43. The van der Waals surface area contributed by atoms with Gasteiger partial charge in [0.05, 0.1) is 0 Å². The quantitative estimate of drug-likeness (QED) is 0.770. The van der Waals surface area contributed by atoms with E-state index in [1.165, 1.54) is 5.56 Å². The molecule has 1 rings (SSSR count). The van der Waals surface area contributed by atoms with Crippen LogP contribution in [0.4, 0.5) is 0 Å². The molecule has 1 aromatic carbocycles. The van der Waals surface area contributed by atoms with Gasteiger partial charge in [-0.2, -0.15) is 0 Å². The van der Waals surface area contributed by atoms with Gasteiger partial charge < -0.3 is 0 Å². The zero-order valence-corrected chi connectivity index (χ0v) is 10.1. The highest BCUT2D eigenvalue weighted by molar-refractivity contribution is 5.26. The van der Waals surface area contributed by atoms with Crippen molar-refractivity contribution >= 4 is 0 Å². The predicted molar refractivity (Wildman–Crippen MR) is 63.3 cm³/mol. The molecule has 0 bridgehead atoms. The number of rotatable bonds is 4. The van der Waals surface area contributed by atoms with E-state index < -0.39 is 5.60 Å². The largest absolute Gasteiger partial charge is 0.294 e. The van der Waals surface area contributed by atoms with Crippen LogP contribution in [0.15, 0.2) is 24.3 Å². The van der Waals surface area contributed by atoms with Crippen LogP contribution in [-0.4, -0.2) is 0 Å². The summed E-state index contributed by atoms with van der Waals surface area (Å²) in [5, 5.41) is 0. The predicted octanol–water partition coefficient (Wildman–Crippen LogP) is 3.01. The molecular weight excluding hydrogens is 186 g/mol. The maximum absolute atomic E-state index is 5.26. The van der Waals surface area contributed by atoms with Crippen LogP contribution in [-0.2, 0) is 16.9 Å². The normalized spacial score (nSPS) is 12.1. The maximum atomic E-state index is 5.26. The van der Waals surface area contributed by atoms with E-state index in [0.29, 0.717) is 5.92 Å². The molecule has 0 aliphatic carbocycles. The molecular formula is C13H21NO. The molecule has 0 fully saturated rings. The van der Waals surface area contributed by atoms with Gasteiger partial charge in [0.2, 0.25) is 0 Å². The van der Waals surface area contributed by atoms with E-state index in [2.05, 4.69) is 38.1 Å². The molecule has 2 N–H and O–H groups in total. The summed E-state index contributed by atoms with van der Waals surface area (Å²) in [5.74, 6) is 5.95. The molecule has 15 heavy (non-hydrogen) atoms. The molecule has 2 heteroatoms. The SMILES string of the molecule is CC(C)Cc1ccc(C(C)(C)ON)cc1. The standard InChI is InChI=1S/C13H21NO/c1-10(2)9-11-5-7-12(8-6-11)13(3,4)15-14/h5-8,10H,9,14H2,1-4H3. The highest BCUT2D eigenvalue weighted by atomic mass is 16.6. The van der Waals surface area contributed by atoms with Gasteiger partial charge in [-0.15, -0.1) is 0 Å². The van der Waals surface area contributed by atoms with Gasteiger partial charge in [0.15, 0.2) is 0 Å². The Bertz CT molecular complexity index is 301. The summed E-state index contributed by atoms with van der Waals surface area (Å²) in [6, 6.07) is 8.47. The summed E-state index contributed by atoms with van der Waals surface area (Å²) in [6.07, 6.45) is 1.12. The second-order valence-corrected chi connectivity index (χ2v) is 4.92. The lowest BCUT2D eigenvalue weighted by Gasteiger charge is -2.22. The monoisotopic (exact) mass is 207 g/mol. The van der Waals surface area contributed by atoms with Crippen molar-refractivity contribution in [3.8, 4) is 0 Å². The van der Waals surface area contributed by atoms with Gasteiger partial charge in [-0.05, 0) is 37.3 Å². The first kappa shape index (κ1) is 12.2. The van der Waals surface area contributed by atoms with Crippen LogP contribution in [0.1, 0.15) is 38.8 Å². The van der Waals surface area contributed by atoms with Crippen molar-refractivity contribution in [2.75, 3.05) is 0 Å². The topological polar surface area (TPSA) is 35.2 Å². The van der Waals surface area contributed by atoms with E-state index in [0.717, 1.165) is 12.0 Å². The van der Waals surface area contributed by atoms with Crippen LogP contribution in [0.5, 0.6) is 0 Å². The summed E-state index contributed by atoms with van der Waals surface area (Å²) < 4.78 is 0.